The van der Waals surface area contributed by atoms with Gasteiger partial charge in [0.15, 0.2) is 0 Å². The Morgan fingerprint density at radius 3 is 2.39 bits per heavy atom. The Bertz CT molecular complexity index is 1180. The highest BCUT2D eigenvalue weighted by Gasteiger charge is 2.38. The molecule has 3 rings (SSSR count). The van der Waals surface area contributed by atoms with E-state index in [9.17, 15) is 23.2 Å². The molecular weight excluding hydrogens is 466 g/mol. The Morgan fingerprint density at radius 1 is 1.12 bits per heavy atom. The minimum absolute atomic E-state index is 0.0708. The van der Waals surface area contributed by atoms with Gasteiger partial charge in [-0.15, -0.1) is 11.3 Å². The van der Waals surface area contributed by atoms with Crippen LogP contribution < -0.4 is 10.8 Å². The molecule has 12 heteroatoms. The number of pyridine rings is 1. The molecule has 2 heterocycles. The molecule has 1 atom stereocenters. The van der Waals surface area contributed by atoms with E-state index in [0.29, 0.717) is 16.1 Å². The van der Waals surface area contributed by atoms with Crippen molar-refractivity contribution < 1.29 is 23.2 Å². The summed E-state index contributed by atoms with van der Waals surface area (Å²) in [6.07, 6.45) is 4.50. The maximum atomic E-state index is 13.6. The summed E-state index contributed by atoms with van der Waals surface area (Å²) in [5, 5.41) is 11.9. The molecule has 3 N–H and O–H groups in total. The predicted octanol–water partition coefficient (Wildman–Crippen LogP) is 2.51. The number of nitrogens with one attached hydrogen (secondary N) is 2. The fourth-order valence-electron chi connectivity index (χ4n) is 3.20. The van der Waals surface area contributed by atoms with Crippen molar-refractivity contribution in [3.8, 4) is 0 Å². The smallest absolute Gasteiger partial charge is 0.267 e. The number of aromatic nitrogens is 2. The number of hydrogen-bond acceptors (Lipinski definition) is 8. The van der Waals surface area contributed by atoms with E-state index in [1.807, 2.05) is 0 Å². The number of thiazole rings is 1. The first-order valence-electron chi connectivity index (χ1n) is 9.88. The third kappa shape index (κ3) is 5.79. The van der Waals surface area contributed by atoms with Crippen LogP contribution in [0.1, 0.15) is 29.1 Å². The zero-order chi connectivity index (χ0) is 24.0. The molecule has 0 aliphatic rings. The van der Waals surface area contributed by atoms with Crippen LogP contribution in [0.15, 0.2) is 65.4 Å². The number of nitrogens with zero attached hydrogens (tertiary/aromatic N) is 3. The lowest BCUT2D eigenvalue weighted by molar-refractivity contribution is -0.134. The molecule has 0 bridgehead atoms. The highest BCUT2D eigenvalue weighted by atomic mass is 32.2. The molecule has 0 saturated carbocycles. The highest BCUT2D eigenvalue weighted by molar-refractivity contribution is 7.89. The number of carbonyl (C=O) groups excluding carboxylic acids is 2. The van der Waals surface area contributed by atoms with Crippen LogP contribution in [0.5, 0.6) is 0 Å². The molecule has 0 fully saturated rings. The van der Waals surface area contributed by atoms with Crippen LogP contribution in [0, 0.1) is 5.92 Å². The molecule has 2 amide bonds. The Labute approximate surface area is 195 Å². The van der Waals surface area contributed by atoms with Gasteiger partial charge < -0.3 is 5.32 Å². The van der Waals surface area contributed by atoms with Crippen molar-refractivity contribution in [2.75, 3.05) is 5.32 Å². The van der Waals surface area contributed by atoms with Crippen molar-refractivity contribution in [1.29, 1.82) is 0 Å². The van der Waals surface area contributed by atoms with E-state index < -0.39 is 27.9 Å². The number of anilines is 1. The van der Waals surface area contributed by atoms with Crippen molar-refractivity contribution in [2.24, 2.45) is 5.92 Å². The number of hydrogen-bond donors (Lipinski definition) is 3. The topological polar surface area (TPSA) is 142 Å². The SMILES string of the molecule is CC(C)C(C(=O)NO)N(Cc1cccnc1)S(=O)(=O)c1ccc(NC(=O)c2cncs2)cc1. The summed E-state index contributed by atoms with van der Waals surface area (Å²) >= 11 is 1.18. The number of carbonyl (C=O) groups is 2. The number of amides is 2. The molecule has 0 radical (unpaired) electrons. The van der Waals surface area contributed by atoms with Gasteiger partial charge in [0.25, 0.3) is 11.8 Å². The van der Waals surface area contributed by atoms with Gasteiger partial charge in [-0.3, -0.25) is 24.8 Å². The molecule has 0 spiro atoms. The van der Waals surface area contributed by atoms with Gasteiger partial charge in [0.1, 0.15) is 10.9 Å². The molecule has 10 nitrogen and oxygen atoms in total. The molecule has 3 aromatic rings. The summed E-state index contributed by atoms with van der Waals surface area (Å²) in [7, 11) is -4.17. The van der Waals surface area contributed by atoms with Crippen molar-refractivity contribution in [2.45, 2.75) is 31.3 Å². The van der Waals surface area contributed by atoms with Crippen LogP contribution in [0.4, 0.5) is 5.69 Å². The molecule has 2 aromatic heterocycles. The molecule has 0 saturated heterocycles. The van der Waals surface area contributed by atoms with Gasteiger partial charge in [-0.2, -0.15) is 4.31 Å². The highest BCUT2D eigenvalue weighted by Crippen LogP contribution is 2.26. The fraction of sp³-hybridized carbons (Fsp3) is 0.238. The van der Waals surface area contributed by atoms with E-state index in [1.165, 1.54) is 53.5 Å². The van der Waals surface area contributed by atoms with Crippen molar-refractivity contribution in [3.05, 3.63) is 70.9 Å². The van der Waals surface area contributed by atoms with E-state index in [-0.39, 0.29) is 17.3 Å². The van der Waals surface area contributed by atoms with Gasteiger partial charge >= 0.3 is 0 Å². The molecule has 1 aromatic carbocycles. The first kappa shape index (κ1) is 24.5. The lowest BCUT2D eigenvalue weighted by atomic mass is 10.0. The molecular formula is C21H23N5O5S2. The Morgan fingerprint density at radius 2 is 1.85 bits per heavy atom. The lowest BCUT2D eigenvalue weighted by Gasteiger charge is -2.32. The van der Waals surface area contributed by atoms with Gasteiger partial charge in [-0.05, 0) is 41.8 Å². The minimum atomic E-state index is -4.17. The molecule has 0 aliphatic carbocycles. The number of hydroxylamine groups is 1. The first-order valence-corrected chi connectivity index (χ1v) is 12.2. The van der Waals surface area contributed by atoms with E-state index >= 15 is 0 Å². The second-order valence-corrected chi connectivity index (χ2v) is 10.2. The maximum absolute atomic E-state index is 13.6. The van der Waals surface area contributed by atoms with Crippen molar-refractivity contribution in [3.63, 3.8) is 0 Å². The van der Waals surface area contributed by atoms with Crippen LogP contribution in [-0.4, -0.2) is 45.8 Å². The fourth-order valence-corrected chi connectivity index (χ4v) is 5.43. The van der Waals surface area contributed by atoms with E-state index in [0.717, 1.165) is 4.31 Å². The summed E-state index contributed by atoms with van der Waals surface area (Å²) in [4.78, 5) is 32.8. The molecule has 33 heavy (non-hydrogen) atoms. The van der Waals surface area contributed by atoms with Gasteiger partial charge in [0.05, 0.1) is 16.6 Å². The summed E-state index contributed by atoms with van der Waals surface area (Å²) in [5.41, 5.74) is 4.08. The zero-order valence-corrected chi connectivity index (χ0v) is 19.5. The maximum Gasteiger partial charge on any atom is 0.267 e. The summed E-state index contributed by atoms with van der Waals surface area (Å²) < 4.78 is 28.2. The quantitative estimate of drug-likeness (QED) is 0.310. The number of rotatable bonds is 9. The Kier molecular flexibility index (Phi) is 7.87. The molecule has 174 valence electrons. The van der Waals surface area contributed by atoms with Gasteiger partial charge in [0.2, 0.25) is 10.0 Å². The van der Waals surface area contributed by atoms with Crippen LogP contribution in [-0.2, 0) is 21.4 Å². The van der Waals surface area contributed by atoms with Crippen LogP contribution in [0.25, 0.3) is 0 Å². The summed E-state index contributed by atoms with van der Waals surface area (Å²) in [6.45, 7) is 3.24. The van der Waals surface area contributed by atoms with E-state index in [1.54, 1.807) is 37.7 Å². The van der Waals surface area contributed by atoms with E-state index in [4.69, 9.17) is 0 Å². The predicted molar refractivity (Wildman–Crippen MR) is 122 cm³/mol. The van der Waals surface area contributed by atoms with Crippen LogP contribution in [0.2, 0.25) is 0 Å². The van der Waals surface area contributed by atoms with E-state index in [2.05, 4.69) is 15.3 Å². The normalized spacial score (nSPS) is 12.5. The minimum Gasteiger partial charge on any atom is -0.321 e. The third-order valence-corrected chi connectivity index (χ3v) is 7.37. The zero-order valence-electron chi connectivity index (χ0n) is 17.9. The average Bonchev–Trinajstić information content (AvgIpc) is 3.34. The first-order chi connectivity index (χ1) is 15.7. The average molecular weight is 490 g/mol. The lowest BCUT2D eigenvalue weighted by Crippen LogP contribution is -2.51. The molecule has 0 aliphatic heterocycles. The Balaban J connectivity index is 1.93. The number of sulfonamides is 1. The summed E-state index contributed by atoms with van der Waals surface area (Å²) in [6, 6.07) is 7.81. The second-order valence-electron chi connectivity index (χ2n) is 7.42. The number of benzene rings is 1. The standard InChI is InChI=1S/C21H23N5O5S2/c1-14(2)19(21(28)25-29)26(12-15-4-3-9-22-10-15)33(30,31)17-7-5-16(6-8-17)24-20(27)18-11-23-13-32-18/h3-11,13-14,19,29H,12H2,1-2H3,(H,24,27)(H,25,28). The Hall–Kier alpha value is -3.19. The third-order valence-electron chi connectivity index (χ3n) is 4.76. The largest absolute Gasteiger partial charge is 0.321 e. The summed E-state index contributed by atoms with van der Waals surface area (Å²) in [5.74, 6) is -1.64. The van der Waals surface area contributed by atoms with Gasteiger partial charge in [0, 0.05) is 24.6 Å². The molecule has 1 unspecified atom stereocenters. The van der Waals surface area contributed by atoms with Crippen molar-refractivity contribution >= 4 is 38.9 Å². The van der Waals surface area contributed by atoms with Crippen LogP contribution in [0.3, 0.4) is 0 Å². The van der Waals surface area contributed by atoms with Gasteiger partial charge in [-0.1, -0.05) is 19.9 Å². The second kappa shape index (κ2) is 10.6. The monoisotopic (exact) mass is 489 g/mol. The van der Waals surface area contributed by atoms with Crippen molar-refractivity contribution in [1.82, 2.24) is 19.8 Å². The van der Waals surface area contributed by atoms with Crippen LogP contribution >= 0.6 is 11.3 Å². The van der Waals surface area contributed by atoms with Gasteiger partial charge in [-0.25, -0.2) is 13.9 Å².